The van der Waals surface area contributed by atoms with Crippen molar-refractivity contribution in [2.24, 2.45) is 5.92 Å². The van der Waals surface area contributed by atoms with E-state index in [2.05, 4.69) is 47.3 Å². The summed E-state index contributed by atoms with van der Waals surface area (Å²) in [5.74, 6) is 2.16. The molecule has 46 heavy (non-hydrogen) atoms. The predicted molar refractivity (Wildman–Crippen MR) is 184 cm³/mol. The van der Waals surface area contributed by atoms with Gasteiger partial charge in [-0.1, -0.05) is 6.07 Å². The summed E-state index contributed by atoms with van der Waals surface area (Å²) in [6, 6.07) is 12.4. The Labute approximate surface area is 277 Å². The highest BCUT2D eigenvalue weighted by atomic mass is 79.9. The van der Waals surface area contributed by atoms with E-state index in [1.807, 2.05) is 50.4 Å². The van der Waals surface area contributed by atoms with Crippen LogP contribution in [0, 0.1) is 11.7 Å². The number of allylic oxidation sites excluding steroid dienone is 2. The number of rotatable bonds is 11. The summed E-state index contributed by atoms with van der Waals surface area (Å²) in [6.45, 7) is 6.29. The van der Waals surface area contributed by atoms with E-state index in [0.29, 0.717) is 40.1 Å². The third-order valence-electron chi connectivity index (χ3n) is 7.74. The van der Waals surface area contributed by atoms with Crippen molar-refractivity contribution in [3.8, 4) is 33.8 Å². The normalized spacial score (nSPS) is 14.2. The first-order valence-corrected chi connectivity index (χ1v) is 15.8. The van der Waals surface area contributed by atoms with Gasteiger partial charge < -0.3 is 30.2 Å². The van der Waals surface area contributed by atoms with Crippen molar-refractivity contribution >= 4 is 33.0 Å². The maximum atomic E-state index is 15.6. The van der Waals surface area contributed by atoms with Gasteiger partial charge in [0.05, 0.1) is 18.7 Å². The smallest absolute Gasteiger partial charge is 0.161 e. The van der Waals surface area contributed by atoms with Crippen LogP contribution in [0.1, 0.15) is 32.5 Å². The van der Waals surface area contributed by atoms with Gasteiger partial charge in [0.1, 0.15) is 11.6 Å². The van der Waals surface area contributed by atoms with Crippen LogP contribution in [0.3, 0.4) is 0 Å². The topological polar surface area (TPSA) is 108 Å². The highest BCUT2D eigenvalue weighted by Crippen LogP contribution is 2.36. The number of ether oxygens (including phenoxy) is 3. The van der Waals surface area contributed by atoms with Crippen molar-refractivity contribution in [2.75, 3.05) is 45.0 Å². The zero-order valence-corrected chi connectivity index (χ0v) is 28.0. The minimum atomic E-state index is -0.419. The second-order valence-corrected chi connectivity index (χ2v) is 12.1. The van der Waals surface area contributed by atoms with Gasteiger partial charge in [0, 0.05) is 84.4 Å². The van der Waals surface area contributed by atoms with Crippen LogP contribution >= 0.6 is 15.9 Å². The highest BCUT2D eigenvalue weighted by Gasteiger charge is 2.17. The number of methoxy groups -OCH3 is 2. The molecule has 0 atom stereocenters. The molecule has 0 aliphatic carbocycles. The molecule has 4 aromatic rings. The summed E-state index contributed by atoms with van der Waals surface area (Å²) in [6.07, 6.45) is 11.2. The first-order chi connectivity index (χ1) is 22.2. The Bertz CT molecular complexity index is 1720. The molecule has 0 bridgehead atoms. The van der Waals surface area contributed by atoms with E-state index in [-0.39, 0.29) is 5.82 Å². The first-order valence-electron chi connectivity index (χ1n) is 15.0. The number of nitrogens with two attached hydrogens (primary N) is 1. The lowest BCUT2D eigenvalue weighted by Gasteiger charge is -2.28. The van der Waals surface area contributed by atoms with Gasteiger partial charge in [0.15, 0.2) is 17.3 Å². The molecular formula is C35H38BrFN6O3. The molecule has 240 valence electrons. The number of benzene rings is 2. The number of pyridine rings is 1. The second kappa shape index (κ2) is 15.2. The van der Waals surface area contributed by atoms with Gasteiger partial charge in [-0.2, -0.15) is 0 Å². The number of anilines is 2. The molecule has 3 heterocycles. The van der Waals surface area contributed by atoms with Gasteiger partial charge in [0.25, 0.3) is 0 Å². The molecule has 1 aliphatic heterocycles. The molecule has 0 saturated carbocycles. The van der Waals surface area contributed by atoms with Gasteiger partial charge in [-0.05, 0) is 90.5 Å². The zero-order chi connectivity index (χ0) is 32.6. The molecule has 0 unspecified atom stereocenters. The molecule has 0 spiro atoms. The van der Waals surface area contributed by atoms with Gasteiger partial charge in [0.2, 0.25) is 0 Å². The van der Waals surface area contributed by atoms with Crippen molar-refractivity contribution < 1.29 is 18.6 Å². The van der Waals surface area contributed by atoms with Crippen LogP contribution in [0.2, 0.25) is 0 Å². The van der Waals surface area contributed by atoms with Crippen molar-refractivity contribution in [2.45, 2.75) is 26.7 Å². The quantitative estimate of drug-likeness (QED) is 0.163. The third-order valence-corrected chi connectivity index (χ3v) is 8.15. The van der Waals surface area contributed by atoms with E-state index in [4.69, 9.17) is 19.9 Å². The fourth-order valence-corrected chi connectivity index (χ4v) is 5.58. The van der Waals surface area contributed by atoms with Crippen molar-refractivity contribution in [1.29, 1.82) is 0 Å². The molecular weight excluding hydrogens is 651 g/mol. The fourth-order valence-electron chi connectivity index (χ4n) is 5.38. The molecule has 3 N–H and O–H groups in total. The summed E-state index contributed by atoms with van der Waals surface area (Å²) >= 11 is 3.40. The zero-order valence-electron chi connectivity index (χ0n) is 26.4. The summed E-state index contributed by atoms with van der Waals surface area (Å²) < 4.78 is 32.8. The van der Waals surface area contributed by atoms with Gasteiger partial charge in [-0.25, -0.2) is 19.3 Å². The molecule has 5 rings (SSSR count). The summed E-state index contributed by atoms with van der Waals surface area (Å²) in [5.41, 5.74) is 11.1. The molecule has 1 aliphatic rings. The maximum Gasteiger partial charge on any atom is 0.161 e. The van der Waals surface area contributed by atoms with E-state index >= 15 is 4.39 Å². The predicted octanol–water partition coefficient (Wildman–Crippen LogP) is 7.77. The molecule has 9 nitrogen and oxygen atoms in total. The van der Waals surface area contributed by atoms with Gasteiger partial charge in [-0.15, -0.1) is 0 Å². The number of hydrogen-bond donors (Lipinski definition) is 2. The molecule has 1 fully saturated rings. The Morgan fingerprint density at radius 2 is 1.70 bits per heavy atom. The first kappa shape index (κ1) is 32.9. The second-order valence-electron chi connectivity index (χ2n) is 11.1. The van der Waals surface area contributed by atoms with Gasteiger partial charge >= 0.3 is 0 Å². The molecule has 2 aromatic carbocycles. The van der Waals surface area contributed by atoms with Crippen molar-refractivity contribution in [1.82, 2.24) is 19.9 Å². The van der Waals surface area contributed by atoms with Crippen LogP contribution in [-0.4, -0.2) is 53.8 Å². The average molecular weight is 690 g/mol. The molecule has 11 heteroatoms. The number of aromatic nitrogens is 3. The molecule has 1 saturated heterocycles. The SMILES string of the molecule is COc1ccc(-c2cnc(N)c(-c3ccc(N/C(C)=C/N(/C=C(\C)c4ncc(Br)cn4)CC4CCOCC4)cc3F)c2)cc1OC. The number of nitrogens with zero attached hydrogens (tertiary/aromatic N) is 4. The van der Waals surface area contributed by atoms with Gasteiger partial charge in [-0.3, -0.25) is 0 Å². The Morgan fingerprint density at radius 3 is 2.39 bits per heavy atom. The molecule has 0 amide bonds. The summed E-state index contributed by atoms with van der Waals surface area (Å²) in [7, 11) is 3.16. The van der Waals surface area contributed by atoms with Crippen LogP contribution in [0.4, 0.5) is 15.9 Å². The van der Waals surface area contributed by atoms with Crippen molar-refractivity contribution in [3.05, 3.63) is 95.3 Å². The van der Waals surface area contributed by atoms with E-state index in [1.54, 1.807) is 38.9 Å². The lowest BCUT2D eigenvalue weighted by Crippen LogP contribution is -2.26. The number of nitrogens with one attached hydrogen (secondary N) is 1. The molecule has 0 radical (unpaired) electrons. The monoisotopic (exact) mass is 688 g/mol. The Morgan fingerprint density at radius 1 is 0.957 bits per heavy atom. The lowest BCUT2D eigenvalue weighted by molar-refractivity contribution is 0.0611. The Kier molecular flexibility index (Phi) is 10.9. The Hall–Kier alpha value is -4.48. The van der Waals surface area contributed by atoms with Crippen LogP contribution in [0.15, 0.2) is 83.6 Å². The molecule has 2 aromatic heterocycles. The maximum absolute atomic E-state index is 15.6. The van der Waals surface area contributed by atoms with Crippen LogP contribution < -0.4 is 20.5 Å². The fraction of sp³-hybridized carbons (Fsp3) is 0.286. The van der Waals surface area contributed by atoms with Crippen LogP contribution in [0.5, 0.6) is 11.5 Å². The van der Waals surface area contributed by atoms with E-state index in [9.17, 15) is 0 Å². The summed E-state index contributed by atoms with van der Waals surface area (Å²) in [5, 5.41) is 3.34. The standard InChI is InChI=1S/C35H38BrFN6O3/c1-22(35-40-17-27(36)18-41-35)19-43(21-24-9-11-46-12-10-24)20-23(2)42-28-6-7-29(31(37)15-28)30-13-26(16-39-34(30)38)25-5-8-32(44-3)33(14-25)45-4/h5-8,13-20,24,42H,9-12,21H2,1-4H3,(H2,38,39)/b22-19+,23-20+. The van der Waals surface area contributed by atoms with Crippen LogP contribution in [-0.2, 0) is 4.74 Å². The number of halogens is 2. The largest absolute Gasteiger partial charge is 0.493 e. The summed E-state index contributed by atoms with van der Waals surface area (Å²) in [4.78, 5) is 15.4. The van der Waals surface area contributed by atoms with E-state index in [1.165, 1.54) is 6.07 Å². The lowest BCUT2D eigenvalue weighted by atomic mass is 10.00. The highest BCUT2D eigenvalue weighted by molar-refractivity contribution is 9.10. The third kappa shape index (κ3) is 8.21. The van der Waals surface area contributed by atoms with E-state index in [0.717, 1.165) is 59.5 Å². The van der Waals surface area contributed by atoms with E-state index < -0.39 is 5.82 Å². The minimum Gasteiger partial charge on any atom is -0.493 e. The average Bonchev–Trinajstić information content (AvgIpc) is 3.05. The number of nitrogen functional groups attached to an aromatic ring is 1. The minimum absolute atomic E-state index is 0.237. The number of hydrogen-bond acceptors (Lipinski definition) is 9. The van der Waals surface area contributed by atoms with Crippen molar-refractivity contribution in [3.63, 3.8) is 0 Å². The Balaban J connectivity index is 1.37. The van der Waals surface area contributed by atoms with Crippen LogP contribution in [0.25, 0.3) is 27.8 Å².